The first-order valence-corrected chi connectivity index (χ1v) is 9.47. The average molecular weight is 335 g/mol. The molecule has 0 spiro atoms. The molecule has 1 heterocycles. The maximum Gasteiger partial charge on any atom is 0.220 e. The first-order valence-electron chi connectivity index (χ1n) is 7.41. The van der Waals surface area contributed by atoms with E-state index in [9.17, 15) is 13.2 Å². The van der Waals surface area contributed by atoms with E-state index in [0.717, 1.165) is 17.1 Å². The second-order valence-electron chi connectivity index (χ2n) is 5.64. The first kappa shape index (κ1) is 17.3. The number of nitrogens with one attached hydrogen (secondary N) is 1. The summed E-state index contributed by atoms with van der Waals surface area (Å²) in [5.74, 6) is 1.23. The summed E-state index contributed by atoms with van der Waals surface area (Å²) in [6.45, 7) is 1.85. The lowest BCUT2D eigenvalue weighted by molar-refractivity contribution is -0.121. The Morgan fingerprint density at radius 2 is 1.87 bits per heavy atom. The van der Waals surface area contributed by atoms with E-state index in [1.54, 1.807) is 0 Å². The first-order chi connectivity index (χ1) is 10.8. The van der Waals surface area contributed by atoms with E-state index in [1.807, 2.05) is 49.4 Å². The minimum Gasteiger partial charge on any atom is -0.466 e. The average Bonchev–Trinajstić information content (AvgIpc) is 2.90. The summed E-state index contributed by atoms with van der Waals surface area (Å²) in [7, 11) is -3.21. The van der Waals surface area contributed by atoms with Crippen LogP contribution in [0, 0.1) is 6.92 Å². The van der Waals surface area contributed by atoms with Gasteiger partial charge in [0.25, 0.3) is 0 Å². The fourth-order valence-corrected chi connectivity index (χ4v) is 3.21. The summed E-state index contributed by atoms with van der Waals surface area (Å²) in [6.07, 6.45) is 1.90. The van der Waals surface area contributed by atoms with Crippen LogP contribution in [0.1, 0.15) is 29.5 Å². The Kier molecular flexibility index (Phi) is 5.60. The van der Waals surface area contributed by atoms with Crippen molar-refractivity contribution in [2.75, 3.05) is 12.0 Å². The van der Waals surface area contributed by atoms with Crippen molar-refractivity contribution >= 4 is 15.7 Å². The van der Waals surface area contributed by atoms with Crippen LogP contribution in [0.4, 0.5) is 0 Å². The number of hydrogen-bond donors (Lipinski definition) is 1. The van der Waals surface area contributed by atoms with Crippen LogP contribution in [0.25, 0.3) is 0 Å². The van der Waals surface area contributed by atoms with E-state index in [0.29, 0.717) is 6.42 Å². The largest absolute Gasteiger partial charge is 0.466 e. The molecule has 0 radical (unpaired) electrons. The van der Waals surface area contributed by atoms with Crippen molar-refractivity contribution in [3.63, 3.8) is 0 Å². The molecule has 1 amide bonds. The summed E-state index contributed by atoms with van der Waals surface area (Å²) in [5.41, 5.74) is 0.778. The molecule has 0 fully saturated rings. The number of hydrogen-bond acceptors (Lipinski definition) is 4. The highest BCUT2D eigenvalue weighted by molar-refractivity contribution is 7.90. The highest BCUT2D eigenvalue weighted by atomic mass is 32.2. The summed E-state index contributed by atoms with van der Waals surface area (Å²) >= 11 is 0. The molecule has 1 aromatic heterocycles. The van der Waals surface area contributed by atoms with Crippen molar-refractivity contribution in [1.29, 1.82) is 0 Å². The molecule has 0 saturated heterocycles. The number of benzene rings is 1. The van der Waals surface area contributed by atoms with E-state index < -0.39 is 15.9 Å². The van der Waals surface area contributed by atoms with E-state index >= 15 is 0 Å². The Hall–Kier alpha value is -2.08. The minimum atomic E-state index is -3.21. The second-order valence-corrected chi connectivity index (χ2v) is 7.82. The zero-order valence-electron chi connectivity index (χ0n) is 13.3. The third-order valence-electron chi connectivity index (χ3n) is 3.40. The van der Waals surface area contributed by atoms with Crippen LogP contribution in [0.5, 0.6) is 0 Å². The zero-order valence-corrected chi connectivity index (χ0v) is 14.1. The van der Waals surface area contributed by atoms with Crippen LogP contribution in [0.15, 0.2) is 46.9 Å². The van der Waals surface area contributed by atoms with Gasteiger partial charge in [-0.2, -0.15) is 0 Å². The maximum atomic E-state index is 12.1. The molecule has 0 bridgehead atoms. The number of sulfone groups is 1. The van der Waals surface area contributed by atoms with Crippen LogP contribution < -0.4 is 5.32 Å². The van der Waals surface area contributed by atoms with Crippen LogP contribution >= 0.6 is 0 Å². The summed E-state index contributed by atoms with van der Waals surface area (Å²) in [6, 6.07) is 12.3. The van der Waals surface area contributed by atoms with Gasteiger partial charge >= 0.3 is 0 Å². The van der Waals surface area contributed by atoms with Crippen molar-refractivity contribution in [2.45, 2.75) is 25.8 Å². The molecule has 0 unspecified atom stereocenters. The van der Waals surface area contributed by atoms with Crippen LogP contribution in [0.2, 0.25) is 0 Å². The van der Waals surface area contributed by atoms with Crippen molar-refractivity contribution < 1.29 is 17.6 Å². The Morgan fingerprint density at radius 3 is 2.43 bits per heavy atom. The van der Waals surface area contributed by atoms with Crippen LogP contribution in [-0.2, 0) is 21.1 Å². The van der Waals surface area contributed by atoms with Gasteiger partial charge in [-0.3, -0.25) is 4.79 Å². The Balaban J connectivity index is 2.00. The van der Waals surface area contributed by atoms with Crippen LogP contribution in [0.3, 0.4) is 0 Å². The molecule has 0 aliphatic heterocycles. The molecular weight excluding hydrogens is 314 g/mol. The maximum absolute atomic E-state index is 12.1. The van der Waals surface area contributed by atoms with Gasteiger partial charge in [-0.15, -0.1) is 0 Å². The molecular formula is C17H21NO4S. The van der Waals surface area contributed by atoms with E-state index in [2.05, 4.69) is 5.32 Å². The fourth-order valence-electron chi connectivity index (χ4n) is 2.33. The van der Waals surface area contributed by atoms with Gasteiger partial charge in [0.1, 0.15) is 21.4 Å². The monoisotopic (exact) mass is 335 g/mol. The summed E-state index contributed by atoms with van der Waals surface area (Å²) in [4.78, 5) is 12.1. The van der Waals surface area contributed by atoms with Gasteiger partial charge in [0.15, 0.2) is 0 Å². The molecule has 1 atom stereocenters. The molecule has 0 saturated carbocycles. The molecule has 6 heteroatoms. The lowest BCUT2D eigenvalue weighted by Gasteiger charge is -2.18. The van der Waals surface area contributed by atoms with Gasteiger partial charge < -0.3 is 9.73 Å². The van der Waals surface area contributed by atoms with Crippen molar-refractivity contribution in [3.8, 4) is 0 Å². The smallest absolute Gasteiger partial charge is 0.220 e. The summed E-state index contributed by atoms with van der Waals surface area (Å²) in [5, 5.41) is 2.81. The fraction of sp³-hybridized carbons (Fsp3) is 0.353. The third kappa shape index (κ3) is 5.90. The van der Waals surface area contributed by atoms with E-state index in [-0.39, 0.29) is 18.1 Å². The van der Waals surface area contributed by atoms with Crippen molar-refractivity contribution in [3.05, 3.63) is 59.5 Å². The molecule has 2 rings (SSSR count). The highest BCUT2D eigenvalue weighted by Gasteiger charge is 2.19. The number of amides is 1. The number of furan rings is 1. The Morgan fingerprint density at radius 1 is 1.17 bits per heavy atom. The molecule has 0 aliphatic carbocycles. The SMILES string of the molecule is Cc1ccc(CCC(=O)N[C@@H](CS(C)(=O)=O)c2ccccc2)o1. The topological polar surface area (TPSA) is 76.4 Å². The second kappa shape index (κ2) is 7.46. The van der Waals surface area contributed by atoms with Gasteiger partial charge in [0.2, 0.25) is 5.91 Å². The molecule has 2 aromatic rings. The predicted octanol–water partition coefficient (Wildman–Crippen LogP) is 2.42. The van der Waals surface area contributed by atoms with Crippen molar-refractivity contribution in [1.82, 2.24) is 5.32 Å². The lowest BCUT2D eigenvalue weighted by Crippen LogP contribution is -2.33. The molecule has 1 N–H and O–H groups in total. The Bertz CT molecular complexity index is 750. The normalized spacial score (nSPS) is 12.8. The third-order valence-corrected chi connectivity index (χ3v) is 4.34. The number of carbonyl (C=O) groups excluding carboxylic acids is 1. The van der Waals surface area contributed by atoms with Crippen LogP contribution in [-0.4, -0.2) is 26.3 Å². The van der Waals surface area contributed by atoms with Gasteiger partial charge in [-0.25, -0.2) is 8.42 Å². The predicted molar refractivity (Wildman–Crippen MR) is 88.8 cm³/mol. The van der Waals surface area contributed by atoms with Gasteiger partial charge in [0, 0.05) is 19.1 Å². The number of aryl methyl sites for hydroxylation is 2. The van der Waals surface area contributed by atoms with E-state index in [1.165, 1.54) is 6.26 Å². The van der Waals surface area contributed by atoms with Gasteiger partial charge in [-0.05, 0) is 24.6 Å². The molecule has 0 aliphatic rings. The minimum absolute atomic E-state index is 0.122. The van der Waals surface area contributed by atoms with E-state index in [4.69, 9.17) is 4.42 Å². The molecule has 1 aromatic carbocycles. The molecule has 124 valence electrons. The Labute approximate surface area is 136 Å². The summed E-state index contributed by atoms with van der Waals surface area (Å²) < 4.78 is 28.7. The quantitative estimate of drug-likeness (QED) is 0.843. The molecule has 23 heavy (non-hydrogen) atoms. The standard InChI is InChI=1S/C17H21NO4S/c1-13-8-9-15(22-13)10-11-17(19)18-16(12-23(2,20)21)14-6-4-3-5-7-14/h3-9,16H,10-12H2,1-2H3,(H,18,19)/t16-/m0/s1. The van der Waals surface area contributed by atoms with Crippen molar-refractivity contribution in [2.24, 2.45) is 0 Å². The van der Waals surface area contributed by atoms with Gasteiger partial charge in [0.05, 0.1) is 11.8 Å². The van der Waals surface area contributed by atoms with Gasteiger partial charge in [-0.1, -0.05) is 30.3 Å². The highest BCUT2D eigenvalue weighted by Crippen LogP contribution is 2.15. The zero-order chi connectivity index (χ0) is 16.9. The number of carbonyl (C=O) groups is 1. The lowest BCUT2D eigenvalue weighted by atomic mass is 10.1. The molecule has 5 nitrogen and oxygen atoms in total. The number of rotatable bonds is 7.